The van der Waals surface area contributed by atoms with Crippen LogP contribution in [0.25, 0.3) is 0 Å². The van der Waals surface area contributed by atoms with E-state index in [1.807, 2.05) is 5.56 Å². The standard InChI is InChI=1S/C14H24P.C11H9.Fe/c1-13(2,3)15(14(4,5)6)11-12-9-7-8-10-12;1-2-6-10(7-3-1)11-8-4-5-9-11;/h7-10H,11H2,1-6H3;1-9H;. The summed E-state index contributed by atoms with van der Waals surface area (Å²) in [6.45, 7) is 12.2. The number of hydrogen-bond acceptors (Lipinski definition) is 0. The molecule has 10 aliphatic rings. The molecule has 10 heterocycles. The number of fused-ring (bicyclic) bond motifs is 10. The van der Waals surface area contributed by atoms with Gasteiger partial charge in [-0.25, -0.2) is 0 Å². The number of hydrogen-bond donors (Lipinski definition) is 0. The van der Waals surface area contributed by atoms with Gasteiger partial charge >= 0.3 is 155 Å². The molecule has 8 atom stereocenters. The van der Waals surface area contributed by atoms with Crippen LogP contribution in [0.3, 0.4) is 0 Å². The second-order valence-electron chi connectivity index (χ2n) is 16.2. The fraction of sp³-hybridized carbons (Fsp3) is 0.760. The normalized spacial score (nSPS) is 83.7. The molecule has 10 saturated heterocycles. The molecule has 0 amide bonds. The van der Waals surface area contributed by atoms with Gasteiger partial charge in [-0.05, 0) is 0 Å². The molecule has 10 fully saturated rings. The third kappa shape index (κ3) is 0.231. The Morgan fingerprint density at radius 2 is 1.26 bits per heavy atom. The van der Waals surface area contributed by atoms with E-state index in [9.17, 15) is 0 Å². The van der Waals surface area contributed by atoms with Crippen molar-refractivity contribution in [3.8, 4) is 0 Å². The van der Waals surface area contributed by atoms with Crippen LogP contribution in [0.5, 0.6) is 0 Å². The number of benzene rings is 1. The molecule has 146 valence electrons. The zero-order valence-corrected chi connectivity index (χ0v) is 19.5. The maximum absolute atomic E-state index is 3.33. The summed E-state index contributed by atoms with van der Waals surface area (Å²) in [5.41, 5.74) is 1.90. The van der Waals surface area contributed by atoms with Crippen molar-refractivity contribution in [2.45, 2.75) is 99.0 Å². The molecule has 1 aromatic carbocycles. The zero-order chi connectivity index (χ0) is 18.3. The fourth-order valence-electron chi connectivity index (χ4n) is 20.6. The van der Waals surface area contributed by atoms with Crippen molar-refractivity contribution in [3.05, 3.63) is 35.9 Å². The van der Waals surface area contributed by atoms with Crippen molar-refractivity contribution in [1.29, 1.82) is 0 Å². The number of rotatable bonds is 3. The van der Waals surface area contributed by atoms with Gasteiger partial charge in [0.2, 0.25) is 0 Å². The average molecular weight is 420 g/mol. The Labute approximate surface area is 155 Å². The Morgan fingerprint density at radius 3 is 1.67 bits per heavy atom. The summed E-state index contributed by atoms with van der Waals surface area (Å²) < 4.78 is 1.92. The van der Waals surface area contributed by atoms with Crippen LogP contribution in [0.4, 0.5) is 0 Å². The van der Waals surface area contributed by atoms with E-state index >= 15 is 0 Å². The molecule has 27 heavy (non-hydrogen) atoms. The molecule has 0 bridgehead atoms. The van der Waals surface area contributed by atoms with Crippen LogP contribution in [0.15, 0.2) is 30.3 Å². The van der Waals surface area contributed by atoms with E-state index in [-0.39, 0.29) is 7.92 Å². The van der Waals surface area contributed by atoms with Crippen molar-refractivity contribution in [2.24, 2.45) is 0 Å². The fourth-order valence-corrected chi connectivity index (χ4v) is 104. The van der Waals surface area contributed by atoms with Gasteiger partial charge in [-0.2, -0.15) is 0 Å². The summed E-state index contributed by atoms with van der Waals surface area (Å²) in [6, 6.07) is 12.2. The molecular formula is C25H33FeP. The SMILES string of the molecule is CC(C)(C)P(C[C]12[CH]3[CH]4[CH]5[CH]1[Fe]45321678[CH]2[CH]1[CH]6[C]7(c1ccccc1)[CH]28)C(C)(C)C. The van der Waals surface area contributed by atoms with Crippen molar-refractivity contribution >= 4 is 7.92 Å². The van der Waals surface area contributed by atoms with Gasteiger partial charge in [0.15, 0.2) is 0 Å². The molecule has 8 unspecified atom stereocenters. The van der Waals surface area contributed by atoms with Gasteiger partial charge < -0.3 is 0 Å². The molecule has 0 N–H and O–H groups in total. The van der Waals surface area contributed by atoms with Crippen LogP contribution in [-0.4, -0.2) is 16.5 Å². The zero-order valence-electron chi connectivity index (χ0n) is 17.5. The van der Waals surface area contributed by atoms with E-state index in [2.05, 4.69) is 71.9 Å². The van der Waals surface area contributed by atoms with Crippen LogP contribution in [0, 0.1) is 0 Å². The monoisotopic (exact) mass is 420 g/mol. The van der Waals surface area contributed by atoms with E-state index in [0.717, 1.165) is 8.63 Å². The molecule has 1 aromatic rings. The first-order chi connectivity index (χ1) is 12.4. The molecule has 0 radical (unpaired) electrons. The Bertz CT molecular complexity index is 1410. The minimum atomic E-state index is -3.33. The summed E-state index contributed by atoms with van der Waals surface area (Å²) in [5.74, 6) is 0. The van der Waals surface area contributed by atoms with E-state index in [1.54, 1.807) is 6.16 Å². The molecule has 0 nitrogen and oxygen atoms in total. The molecule has 0 aliphatic carbocycles. The van der Waals surface area contributed by atoms with Gasteiger partial charge in [0.05, 0.1) is 0 Å². The second kappa shape index (κ2) is 1.50. The topological polar surface area (TPSA) is 0 Å². The van der Waals surface area contributed by atoms with E-state index in [4.69, 9.17) is 0 Å². The van der Waals surface area contributed by atoms with Crippen LogP contribution in [-0.2, 0) is 10.8 Å². The van der Waals surface area contributed by atoms with Gasteiger partial charge in [0.1, 0.15) is 0 Å². The summed E-state index contributed by atoms with van der Waals surface area (Å²) >= 11 is 0. The molecule has 10 aliphatic heterocycles. The molecule has 0 saturated carbocycles. The Morgan fingerprint density at radius 1 is 0.778 bits per heavy atom. The Kier molecular flexibility index (Phi) is 0.748. The molecule has 11 rings (SSSR count). The van der Waals surface area contributed by atoms with Crippen LogP contribution < -0.4 is 0 Å². The van der Waals surface area contributed by atoms with Crippen LogP contribution in [0.2, 0.25) is 42.8 Å². The van der Waals surface area contributed by atoms with Crippen molar-refractivity contribution in [2.75, 3.05) is 6.16 Å². The molecule has 1 spiro atoms. The predicted molar refractivity (Wildman–Crippen MR) is 112 cm³/mol. The first kappa shape index (κ1) is 13.5. The van der Waals surface area contributed by atoms with Crippen LogP contribution >= 0.6 is 7.92 Å². The van der Waals surface area contributed by atoms with Gasteiger partial charge in [-0.15, -0.1) is 0 Å². The van der Waals surface area contributed by atoms with E-state index < -0.39 is 6.51 Å². The van der Waals surface area contributed by atoms with Gasteiger partial charge in [0, 0.05) is 0 Å². The molecule has 2 heteroatoms. The summed E-state index contributed by atoms with van der Waals surface area (Å²) in [4.78, 5) is 11.1. The summed E-state index contributed by atoms with van der Waals surface area (Å²) in [6.07, 6.45) is 1.72. The van der Waals surface area contributed by atoms with Gasteiger partial charge in [0.25, 0.3) is 0 Å². The predicted octanol–water partition coefficient (Wildman–Crippen LogP) is 7.93. The first-order valence-electron chi connectivity index (χ1n) is 11.4. The summed E-state index contributed by atoms with van der Waals surface area (Å²) in [5, 5.41) is 1.05. The van der Waals surface area contributed by atoms with Gasteiger partial charge in [-0.3, -0.25) is 0 Å². The minimum absolute atomic E-state index is 0.0949. The third-order valence-corrected chi connectivity index (χ3v) is 66.1. The molecular weight excluding hydrogens is 387 g/mol. The second-order valence-corrected chi connectivity index (χ2v) is 43.4. The summed E-state index contributed by atoms with van der Waals surface area (Å²) in [7, 11) is 0.0949. The Balaban J connectivity index is 1.23. The first-order valence-corrected chi connectivity index (χ1v) is 19.2. The van der Waals surface area contributed by atoms with Crippen molar-refractivity contribution in [1.82, 2.24) is 0 Å². The van der Waals surface area contributed by atoms with Crippen molar-refractivity contribution < 1.29 is 6.51 Å². The average Bonchev–Trinajstić information content (AvgIpc) is 3.52. The van der Waals surface area contributed by atoms with E-state index in [0.29, 0.717) is 10.3 Å². The maximum atomic E-state index is 2.60. The van der Waals surface area contributed by atoms with Crippen LogP contribution in [0.1, 0.15) is 47.1 Å². The van der Waals surface area contributed by atoms with Crippen molar-refractivity contribution in [3.63, 3.8) is 0 Å². The van der Waals surface area contributed by atoms with E-state index in [1.165, 1.54) is 38.5 Å². The van der Waals surface area contributed by atoms with Gasteiger partial charge in [-0.1, -0.05) is 0 Å². The quantitative estimate of drug-likeness (QED) is 0.344. The molecule has 0 aromatic heterocycles. The third-order valence-electron chi connectivity index (χ3n) is 18.3. The Hall–Kier alpha value is 0.169.